The van der Waals surface area contributed by atoms with Gasteiger partial charge < -0.3 is 18.6 Å². The van der Waals surface area contributed by atoms with Crippen molar-refractivity contribution in [1.82, 2.24) is 4.98 Å². The number of hydrogen-bond donors (Lipinski definition) is 0. The number of ketones is 1. The summed E-state index contributed by atoms with van der Waals surface area (Å²) in [5, 5.41) is 0. The summed E-state index contributed by atoms with van der Waals surface area (Å²) in [5.74, 6) is 2.40. The minimum Gasteiger partial charge on any atom is -0.493 e. The van der Waals surface area contributed by atoms with Gasteiger partial charge in [-0.05, 0) is 43.7 Å². The topological polar surface area (TPSA) is 70.8 Å². The van der Waals surface area contributed by atoms with Crippen molar-refractivity contribution in [3.05, 3.63) is 95.9 Å². The van der Waals surface area contributed by atoms with Crippen LogP contribution in [0, 0.1) is 0 Å². The van der Waals surface area contributed by atoms with Crippen LogP contribution in [0.25, 0.3) is 11.5 Å². The van der Waals surface area contributed by atoms with E-state index in [0.717, 1.165) is 22.4 Å². The van der Waals surface area contributed by atoms with E-state index < -0.39 is 0 Å². The SMILES string of the molecule is COc1ccc(-c2nc(CC(=O)Cc3ccccc3OC(C)C)co2)cc1OCc1ccccc1. The lowest BCUT2D eigenvalue weighted by molar-refractivity contribution is -0.117. The van der Waals surface area contributed by atoms with Crippen LogP contribution in [-0.2, 0) is 24.2 Å². The molecular formula is C29H29NO5. The van der Waals surface area contributed by atoms with Gasteiger partial charge in [-0.3, -0.25) is 4.79 Å². The standard InChI is InChI=1S/C29H29NO5/c1-20(2)35-26-12-8-7-11-22(26)15-25(31)17-24-19-34-29(30-24)23-13-14-27(32-3)28(16-23)33-18-21-9-5-4-6-10-21/h4-14,16,19-20H,15,17-18H2,1-3H3. The molecule has 3 aromatic carbocycles. The highest BCUT2D eigenvalue weighted by Gasteiger charge is 2.15. The Hall–Kier alpha value is -4.06. The Labute approximate surface area is 205 Å². The zero-order valence-corrected chi connectivity index (χ0v) is 20.2. The molecule has 0 unspecified atom stereocenters. The molecule has 0 bridgehead atoms. The molecule has 180 valence electrons. The number of carbonyl (C=O) groups excluding carboxylic acids is 1. The fraction of sp³-hybridized carbons (Fsp3) is 0.241. The molecule has 0 radical (unpaired) electrons. The summed E-state index contributed by atoms with van der Waals surface area (Å²) in [4.78, 5) is 17.3. The number of benzene rings is 3. The number of nitrogens with zero attached hydrogens (tertiary/aromatic N) is 1. The minimum absolute atomic E-state index is 0.0336. The van der Waals surface area contributed by atoms with E-state index >= 15 is 0 Å². The second-order valence-electron chi connectivity index (χ2n) is 8.45. The van der Waals surface area contributed by atoms with Gasteiger partial charge in [0.25, 0.3) is 0 Å². The molecule has 0 aliphatic heterocycles. The number of Topliss-reactive ketones (excluding diaryl/α,β-unsaturated/α-hetero) is 1. The van der Waals surface area contributed by atoms with Crippen molar-refractivity contribution in [1.29, 1.82) is 0 Å². The van der Waals surface area contributed by atoms with Crippen LogP contribution >= 0.6 is 0 Å². The van der Waals surface area contributed by atoms with E-state index in [1.54, 1.807) is 7.11 Å². The van der Waals surface area contributed by atoms with Crippen molar-refractivity contribution >= 4 is 5.78 Å². The van der Waals surface area contributed by atoms with Crippen LogP contribution in [0.3, 0.4) is 0 Å². The van der Waals surface area contributed by atoms with E-state index in [2.05, 4.69) is 4.98 Å². The van der Waals surface area contributed by atoms with Gasteiger partial charge in [-0.25, -0.2) is 4.98 Å². The molecule has 6 heteroatoms. The fourth-order valence-corrected chi connectivity index (χ4v) is 3.67. The van der Waals surface area contributed by atoms with E-state index in [-0.39, 0.29) is 24.7 Å². The number of aromatic nitrogens is 1. The van der Waals surface area contributed by atoms with Gasteiger partial charge in [-0.15, -0.1) is 0 Å². The van der Waals surface area contributed by atoms with E-state index in [1.165, 1.54) is 6.26 Å². The van der Waals surface area contributed by atoms with E-state index in [9.17, 15) is 4.79 Å². The lowest BCUT2D eigenvalue weighted by atomic mass is 10.0. The zero-order chi connectivity index (χ0) is 24.6. The van der Waals surface area contributed by atoms with Crippen LogP contribution in [0.4, 0.5) is 0 Å². The van der Waals surface area contributed by atoms with Crippen molar-refractivity contribution in [2.45, 2.75) is 39.4 Å². The number of carbonyl (C=O) groups is 1. The molecule has 1 heterocycles. The summed E-state index contributed by atoms with van der Waals surface area (Å²) in [6.45, 7) is 4.34. The smallest absolute Gasteiger partial charge is 0.226 e. The molecule has 4 rings (SSSR count). The van der Waals surface area contributed by atoms with Gasteiger partial charge in [0, 0.05) is 17.5 Å². The summed E-state index contributed by atoms with van der Waals surface area (Å²) in [6.07, 6.45) is 2.01. The van der Waals surface area contributed by atoms with Gasteiger partial charge in [0.1, 0.15) is 24.4 Å². The molecule has 0 aliphatic carbocycles. The van der Waals surface area contributed by atoms with E-state index in [0.29, 0.717) is 29.7 Å². The van der Waals surface area contributed by atoms with Crippen molar-refractivity contribution in [2.24, 2.45) is 0 Å². The quantitative estimate of drug-likeness (QED) is 0.264. The highest BCUT2D eigenvalue weighted by Crippen LogP contribution is 2.33. The second-order valence-corrected chi connectivity index (χ2v) is 8.45. The maximum atomic E-state index is 12.7. The van der Waals surface area contributed by atoms with Crippen molar-refractivity contribution in [2.75, 3.05) is 7.11 Å². The summed E-state index contributed by atoms with van der Waals surface area (Å²) < 4.78 is 22.9. The number of ether oxygens (including phenoxy) is 3. The largest absolute Gasteiger partial charge is 0.493 e. The number of hydrogen-bond acceptors (Lipinski definition) is 6. The van der Waals surface area contributed by atoms with Gasteiger partial charge in [-0.2, -0.15) is 0 Å². The Balaban J connectivity index is 1.44. The average molecular weight is 472 g/mol. The van der Waals surface area contributed by atoms with Crippen LogP contribution < -0.4 is 14.2 Å². The predicted octanol–water partition coefficient (Wildman–Crippen LogP) is 6.07. The highest BCUT2D eigenvalue weighted by molar-refractivity contribution is 5.83. The van der Waals surface area contributed by atoms with Crippen LogP contribution in [-0.4, -0.2) is 24.0 Å². The Morgan fingerprint density at radius 1 is 0.914 bits per heavy atom. The van der Waals surface area contributed by atoms with Crippen LogP contribution in [0.1, 0.15) is 30.7 Å². The van der Waals surface area contributed by atoms with Gasteiger partial charge in [0.05, 0.1) is 25.3 Å². The fourth-order valence-electron chi connectivity index (χ4n) is 3.67. The van der Waals surface area contributed by atoms with Crippen LogP contribution in [0.15, 0.2) is 83.5 Å². The number of para-hydroxylation sites is 1. The summed E-state index contributed by atoms with van der Waals surface area (Å²) in [5.41, 5.74) is 3.24. The molecular weight excluding hydrogens is 442 g/mol. The first-order chi connectivity index (χ1) is 17.0. The molecule has 35 heavy (non-hydrogen) atoms. The monoisotopic (exact) mass is 471 g/mol. The van der Waals surface area contributed by atoms with Crippen LogP contribution in [0.2, 0.25) is 0 Å². The lowest BCUT2D eigenvalue weighted by Gasteiger charge is -2.13. The van der Waals surface area contributed by atoms with Gasteiger partial charge >= 0.3 is 0 Å². The molecule has 0 fully saturated rings. The molecule has 0 amide bonds. The van der Waals surface area contributed by atoms with Crippen molar-refractivity contribution in [3.8, 4) is 28.7 Å². The molecule has 0 saturated heterocycles. The third-order valence-electron chi connectivity index (χ3n) is 5.30. The normalized spacial score (nSPS) is 10.9. The maximum Gasteiger partial charge on any atom is 0.226 e. The summed E-state index contributed by atoms with van der Waals surface area (Å²) in [6, 6.07) is 23.0. The first-order valence-electron chi connectivity index (χ1n) is 11.6. The maximum absolute atomic E-state index is 12.7. The first kappa shape index (κ1) is 24.1. The molecule has 0 saturated carbocycles. The van der Waals surface area contributed by atoms with Gasteiger partial charge in [0.2, 0.25) is 5.89 Å². The Kier molecular flexibility index (Phi) is 7.83. The molecule has 0 aliphatic rings. The molecule has 0 N–H and O–H groups in total. The third kappa shape index (κ3) is 6.51. The summed E-state index contributed by atoms with van der Waals surface area (Å²) in [7, 11) is 1.60. The molecule has 4 aromatic rings. The molecule has 6 nitrogen and oxygen atoms in total. The van der Waals surface area contributed by atoms with Gasteiger partial charge in [0.15, 0.2) is 11.5 Å². The molecule has 0 spiro atoms. The number of oxazole rings is 1. The number of methoxy groups -OCH3 is 1. The Morgan fingerprint density at radius 2 is 1.69 bits per heavy atom. The predicted molar refractivity (Wildman–Crippen MR) is 134 cm³/mol. The summed E-state index contributed by atoms with van der Waals surface area (Å²) >= 11 is 0. The van der Waals surface area contributed by atoms with Crippen LogP contribution in [0.5, 0.6) is 17.2 Å². The molecule has 1 aromatic heterocycles. The molecule has 0 atom stereocenters. The first-order valence-corrected chi connectivity index (χ1v) is 11.6. The average Bonchev–Trinajstić information content (AvgIpc) is 3.32. The minimum atomic E-state index is 0.0336. The number of rotatable bonds is 11. The second kappa shape index (κ2) is 11.4. The highest BCUT2D eigenvalue weighted by atomic mass is 16.5. The van der Waals surface area contributed by atoms with Gasteiger partial charge in [-0.1, -0.05) is 48.5 Å². The zero-order valence-electron chi connectivity index (χ0n) is 20.2. The van der Waals surface area contributed by atoms with E-state index in [4.69, 9.17) is 18.6 Å². The third-order valence-corrected chi connectivity index (χ3v) is 5.30. The Morgan fingerprint density at radius 3 is 2.46 bits per heavy atom. The Bertz CT molecular complexity index is 1260. The lowest BCUT2D eigenvalue weighted by Crippen LogP contribution is -2.11. The van der Waals surface area contributed by atoms with Crippen molar-refractivity contribution < 1.29 is 23.4 Å². The van der Waals surface area contributed by atoms with Crippen molar-refractivity contribution in [3.63, 3.8) is 0 Å². The van der Waals surface area contributed by atoms with E-state index in [1.807, 2.05) is 86.6 Å².